The smallest absolute Gasteiger partial charge is 0.119 e. The van der Waals surface area contributed by atoms with E-state index in [0.717, 1.165) is 37.2 Å². The minimum absolute atomic E-state index is 0.163. The van der Waals surface area contributed by atoms with Crippen LogP contribution < -0.4 is 10.5 Å². The van der Waals surface area contributed by atoms with Crippen LogP contribution in [-0.2, 0) is 12.8 Å². The zero-order valence-corrected chi connectivity index (χ0v) is 10.6. The zero-order valence-electron chi connectivity index (χ0n) is 10.6. The Morgan fingerprint density at radius 1 is 1.24 bits per heavy atom. The Morgan fingerprint density at radius 2 is 2.06 bits per heavy atom. The van der Waals surface area contributed by atoms with Crippen LogP contribution in [0.5, 0.6) is 5.75 Å². The van der Waals surface area contributed by atoms with Crippen LogP contribution in [0.4, 0.5) is 0 Å². The van der Waals surface area contributed by atoms with Crippen molar-refractivity contribution in [3.05, 3.63) is 29.3 Å². The summed E-state index contributed by atoms with van der Waals surface area (Å²) in [4.78, 5) is 0. The Balaban J connectivity index is 2.70. The summed E-state index contributed by atoms with van der Waals surface area (Å²) >= 11 is 0. The van der Waals surface area contributed by atoms with Crippen molar-refractivity contribution in [1.29, 1.82) is 0 Å². The summed E-state index contributed by atoms with van der Waals surface area (Å²) < 4.78 is 5.65. The summed E-state index contributed by atoms with van der Waals surface area (Å²) in [6.07, 6.45) is 3.72. The van der Waals surface area contributed by atoms with Crippen molar-refractivity contribution in [3.8, 4) is 5.75 Å². The maximum absolute atomic E-state index is 9.05. The van der Waals surface area contributed by atoms with Crippen molar-refractivity contribution < 1.29 is 9.84 Å². The van der Waals surface area contributed by atoms with Gasteiger partial charge >= 0.3 is 0 Å². The fourth-order valence-corrected chi connectivity index (χ4v) is 1.78. The molecule has 0 bridgehead atoms. The third kappa shape index (κ3) is 4.75. The lowest BCUT2D eigenvalue weighted by atomic mass is 10.0. The molecular weight excluding hydrogens is 214 g/mol. The van der Waals surface area contributed by atoms with Crippen molar-refractivity contribution in [2.24, 2.45) is 5.73 Å². The molecule has 96 valence electrons. The number of nitrogens with two attached hydrogens (primary N) is 1. The molecular formula is C14H23NO2. The predicted molar refractivity (Wildman–Crippen MR) is 70.4 cm³/mol. The molecule has 3 N–H and O–H groups in total. The molecule has 0 fully saturated rings. The summed E-state index contributed by atoms with van der Waals surface area (Å²) in [5.41, 5.74) is 7.93. The van der Waals surface area contributed by atoms with Gasteiger partial charge in [-0.2, -0.15) is 0 Å². The molecule has 1 rings (SSSR count). The van der Waals surface area contributed by atoms with Crippen molar-refractivity contribution in [2.75, 3.05) is 19.8 Å². The first-order chi connectivity index (χ1) is 8.31. The number of benzene rings is 1. The van der Waals surface area contributed by atoms with Gasteiger partial charge in [0.15, 0.2) is 0 Å². The molecule has 1 aromatic carbocycles. The summed E-state index contributed by atoms with van der Waals surface area (Å²) in [5, 5.41) is 9.05. The molecule has 1 aromatic rings. The number of unbranched alkanes of at least 4 members (excludes halogenated alkanes) is 1. The van der Waals surface area contributed by atoms with E-state index in [4.69, 9.17) is 15.6 Å². The Kier molecular flexibility index (Phi) is 6.67. The Bertz CT molecular complexity index is 326. The van der Waals surface area contributed by atoms with Crippen molar-refractivity contribution in [3.63, 3.8) is 0 Å². The normalized spacial score (nSPS) is 10.5. The van der Waals surface area contributed by atoms with Gasteiger partial charge < -0.3 is 15.6 Å². The Labute approximate surface area is 104 Å². The van der Waals surface area contributed by atoms with E-state index >= 15 is 0 Å². The first-order valence-corrected chi connectivity index (χ1v) is 6.37. The van der Waals surface area contributed by atoms with Gasteiger partial charge in [0, 0.05) is 6.61 Å². The van der Waals surface area contributed by atoms with Gasteiger partial charge in [-0.15, -0.1) is 0 Å². The number of hydrogen-bond acceptors (Lipinski definition) is 3. The van der Waals surface area contributed by atoms with Gasteiger partial charge in [-0.05, 0) is 49.1 Å². The lowest BCUT2D eigenvalue weighted by molar-refractivity contribution is 0.297. The molecule has 3 heteroatoms. The van der Waals surface area contributed by atoms with Gasteiger partial charge in [-0.3, -0.25) is 0 Å². The average molecular weight is 237 g/mol. The van der Waals surface area contributed by atoms with Gasteiger partial charge in [0.1, 0.15) is 5.75 Å². The van der Waals surface area contributed by atoms with Crippen LogP contribution in [0.15, 0.2) is 18.2 Å². The fourth-order valence-electron chi connectivity index (χ4n) is 1.78. The number of hydrogen-bond donors (Lipinski definition) is 2. The molecule has 0 atom stereocenters. The van der Waals surface area contributed by atoms with Gasteiger partial charge in [0.25, 0.3) is 0 Å². The number of aliphatic hydroxyl groups excluding tert-OH is 1. The third-order valence-electron chi connectivity index (χ3n) is 2.74. The van der Waals surface area contributed by atoms with Crippen molar-refractivity contribution in [1.82, 2.24) is 0 Å². The number of ether oxygens (including phenoxy) is 1. The van der Waals surface area contributed by atoms with Crippen LogP contribution in [-0.4, -0.2) is 24.9 Å². The zero-order chi connectivity index (χ0) is 12.5. The van der Waals surface area contributed by atoms with Crippen LogP contribution in [0, 0.1) is 0 Å². The Hall–Kier alpha value is -1.06. The largest absolute Gasteiger partial charge is 0.494 e. The van der Waals surface area contributed by atoms with E-state index in [0.29, 0.717) is 13.0 Å². The summed E-state index contributed by atoms with van der Waals surface area (Å²) in [6, 6.07) is 6.07. The van der Waals surface area contributed by atoms with Crippen LogP contribution in [0.1, 0.15) is 30.9 Å². The van der Waals surface area contributed by atoms with Crippen LogP contribution in [0.2, 0.25) is 0 Å². The minimum Gasteiger partial charge on any atom is -0.494 e. The van der Waals surface area contributed by atoms with Crippen LogP contribution >= 0.6 is 0 Å². The molecule has 0 radical (unpaired) electrons. The highest BCUT2D eigenvalue weighted by Crippen LogP contribution is 2.19. The molecule has 0 aliphatic rings. The fraction of sp³-hybridized carbons (Fsp3) is 0.571. The van der Waals surface area contributed by atoms with E-state index in [-0.39, 0.29) is 6.61 Å². The summed E-state index contributed by atoms with van der Waals surface area (Å²) in [5.74, 6) is 0.891. The highest BCUT2D eigenvalue weighted by molar-refractivity contribution is 5.36. The van der Waals surface area contributed by atoms with E-state index in [1.54, 1.807) is 0 Å². The lowest BCUT2D eigenvalue weighted by Crippen LogP contribution is -2.07. The molecule has 0 aromatic heterocycles. The van der Waals surface area contributed by atoms with E-state index in [1.807, 2.05) is 12.1 Å². The van der Waals surface area contributed by atoms with Gasteiger partial charge in [-0.25, -0.2) is 0 Å². The van der Waals surface area contributed by atoms with Crippen molar-refractivity contribution >= 4 is 0 Å². The third-order valence-corrected chi connectivity index (χ3v) is 2.74. The van der Waals surface area contributed by atoms with E-state index < -0.39 is 0 Å². The molecule has 0 aliphatic carbocycles. The summed E-state index contributed by atoms with van der Waals surface area (Å²) in [6.45, 7) is 3.70. The van der Waals surface area contributed by atoms with E-state index in [1.165, 1.54) is 5.56 Å². The highest BCUT2D eigenvalue weighted by atomic mass is 16.5. The monoisotopic (exact) mass is 237 g/mol. The summed E-state index contributed by atoms with van der Waals surface area (Å²) in [7, 11) is 0. The average Bonchev–Trinajstić information content (AvgIpc) is 2.33. The SMILES string of the molecule is CCCCOc1ccc(CCN)c(CCO)c1. The molecule has 0 heterocycles. The van der Waals surface area contributed by atoms with Crippen molar-refractivity contribution in [2.45, 2.75) is 32.6 Å². The van der Waals surface area contributed by atoms with Gasteiger partial charge in [0.2, 0.25) is 0 Å². The van der Waals surface area contributed by atoms with E-state index in [9.17, 15) is 0 Å². The maximum Gasteiger partial charge on any atom is 0.119 e. The number of rotatable bonds is 8. The molecule has 0 saturated carbocycles. The van der Waals surface area contributed by atoms with E-state index in [2.05, 4.69) is 13.0 Å². The first-order valence-electron chi connectivity index (χ1n) is 6.37. The molecule has 17 heavy (non-hydrogen) atoms. The lowest BCUT2D eigenvalue weighted by Gasteiger charge is -2.11. The second kappa shape index (κ2) is 8.09. The molecule has 0 saturated heterocycles. The Morgan fingerprint density at radius 3 is 2.71 bits per heavy atom. The highest BCUT2D eigenvalue weighted by Gasteiger charge is 2.04. The predicted octanol–water partition coefficient (Wildman–Crippen LogP) is 1.90. The molecule has 0 spiro atoms. The van der Waals surface area contributed by atoms with Gasteiger partial charge in [0.05, 0.1) is 6.61 Å². The number of aliphatic hydroxyl groups is 1. The standard InChI is InChI=1S/C14H23NO2/c1-2-3-10-17-14-5-4-12(6-8-15)13(11-14)7-9-16/h4-5,11,16H,2-3,6-10,15H2,1H3. The molecule has 3 nitrogen and oxygen atoms in total. The maximum atomic E-state index is 9.05. The molecule has 0 aliphatic heterocycles. The first kappa shape index (κ1) is 14.0. The van der Waals surface area contributed by atoms with Crippen LogP contribution in [0.25, 0.3) is 0 Å². The van der Waals surface area contributed by atoms with Gasteiger partial charge in [-0.1, -0.05) is 19.4 Å². The molecule has 0 unspecified atom stereocenters. The minimum atomic E-state index is 0.163. The second-order valence-corrected chi connectivity index (χ2v) is 4.14. The topological polar surface area (TPSA) is 55.5 Å². The van der Waals surface area contributed by atoms with Crippen LogP contribution in [0.3, 0.4) is 0 Å². The molecule has 0 amide bonds. The quantitative estimate of drug-likeness (QED) is 0.679. The second-order valence-electron chi connectivity index (χ2n) is 4.14.